The van der Waals surface area contributed by atoms with Crippen LogP contribution in [-0.4, -0.2) is 48.3 Å². The van der Waals surface area contributed by atoms with Crippen LogP contribution in [0.5, 0.6) is 17.2 Å². The lowest BCUT2D eigenvalue weighted by Crippen LogP contribution is -2.39. The van der Waals surface area contributed by atoms with Crippen molar-refractivity contribution in [2.45, 2.75) is 18.1 Å². The largest absolute Gasteiger partial charge is 0.484 e. The molecule has 1 atom stereocenters. The molecule has 1 aromatic carbocycles. The second-order valence-corrected chi connectivity index (χ2v) is 6.93. The van der Waals surface area contributed by atoms with Crippen molar-refractivity contribution >= 4 is 17.7 Å². The minimum absolute atomic E-state index is 0.0185. The molecule has 1 saturated heterocycles. The Morgan fingerprint density at radius 2 is 2.30 bits per heavy atom. The number of hydrogen-bond acceptors (Lipinski definition) is 5. The maximum absolute atomic E-state index is 12.4. The minimum Gasteiger partial charge on any atom is -0.484 e. The fourth-order valence-electron chi connectivity index (χ4n) is 2.67. The van der Waals surface area contributed by atoms with Gasteiger partial charge in [0.25, 0.3) is 5.91 Å². The van der Waals surface area contributed by atoms with Gasteiger partial charge < -0.3 is 19.1 Å². The number of fused-ring (bicyclic) bond motifs is 1. The summed E-state index contributed by atoms with van der Waals surface area (Å²) >= 11 is 1.94. The Labute approximate surface area is 140 Å². The third-order valence-electron chi connectivity index (χ3n) is 3.86. The molecule has 0 saturated carbocycles. The Hall–Kier alpha value is -1.82. The summed E-state index contributed by atoms with van der Waals surface area (Å²) in [7, 11) is 0. The zero-order chi connectivity index (χ0) is 16.1. The van der Waals surface area contributed by atoms with Crippen LogP contribution >= 0.6 is 11.8 Å². The number of carbonyl (C=O) groups excluding carboxylic acids is 1. The molecule has 0 N–H and O–H groups in total. The molecule has 2 heterocycles. The Morgan fingerprint density at radius 1 is 1.43 bits per heavy atom. The minimum atomic E-state index is -0.0185. The van der Waals surface area contributed by atoms with Crippen LogP contribution < -0.4 is 14.2 Å². The number of thioether (sulfide) groups is 1. The second-order valence-electron chi connectivity index (χ2n) is 5.53. The highest BCUT2D eigenvalue weighted by Crippen LogP contribution is 2.35. The summed E-state index contributed by atoms with van der Waals surface area (Å²) in [6.07, 6.45) is 4.17. The van der Waals surface area contributed by atoms with Gasteiger partial charge in [-0.1, -0.05) is 6.08 Å². The Balaban J connectivity index is 1.54. The van der Waals surface area contributed by atoms with Crippen molar-refractivity contribution in [2.75, 3.05) is 32.2 Å². The molecular formula is C17H21NO4S. The van der Waals surface area contributed by atoms with Gasteiger partial charge >= 0.3 is 0 Å². The van der Waals surface area contributed by atoms with Crippen LogP contribution in [0.25, 0.3) is 0 Å². The molecule has 6 heteroatoms. The van der Waals surface area contributed by atoms with Crippen LogP contribution in [0.2, 0.25) is 0 Å². The Morgan fingerprint density at radius 3 is 3.09 bits per heavy atom. The van der Waals surface area contributed by atoms with Crippen molar-refractivity contribution in [2.24, 2.45) is 0 Å². The monoisotopic (exact) mass is 335 g/mol. The summed E-state index contributed by atoms with van der Waals surface area (Å²) in [5.41, 5.74) is 0. The van der Waals surface area contributed by atoms with E-state index in [0.29, 0.717) is 29.0 Å². The fourth-order valence-corrected chi connectivity index (χ4v) is 3.96. The van der Waals surface area contributed by atoms with Crippen molar-refractivity contribution in [1.29, 1.82) is 0 Å². The van der Waals surface area contributed by atoms with Gasteiger partial charge in [-0.05, 0) is 30.7 Å². The molecule has 0 aromatic heterocycles. The standard InChI is InChI=1S/C17H21NO4S/c1-2-7-18(10-14-4-3-8-23-14)17(19)11-20-13-5-6-15-16(9-13)22-12-21-15/h2,5-6,9,14H,1,3-4,7-8,10-12H2. The first-order chi connectivity index (χ1) is 11.3. The van der Waals surface area contributed by atoms with E-state index < -0.39 is 0 Å². The maximum atomic E-state index is 12.4. The third-order valence-corrected chi connectivity index (χ3v) is 5.24. The lowest BCUT2D eigenvalue weighted by molar-refractivity contribution is -0.132. The molecule has 23 heavy (non-hydrogen) atoms. The van der Waals surface area contributed by atoms with Crippen molar-refractivity contribution < 1.29 is 19.0 Å². The Kier molecular flexibility index (Phi) is 5.33. The molecule has 5 nitrogen and oxygen atoms in total. The maximum Gasteiger partial charge on any atom is 0.260 e. The predicted octanol–water partition coefficient (Wildman–Crippen LogP) is 2.70. The number of hydrogen-bond donors (Lipinski definition) is 0. The third kappa shape index (κ3) is 4.13. The van der Waals surface area contributed by atoms with Crippen LogP contribution in [0, 0.1) is 0 Å². The van der Waals surface area contributed by atoms with Crippen LogP contribution in [0.3, 0.4) is 0 Å². The van der Waals surface area contributed by atoms with E-state index in [0.717, 1.165) is 6.54 Å². The molecule has 2 aliphatic rings. The molecule has 1 fully saturated rings. The molecule has 124 valence electrons. The number of nitrogens with zero attached hydrogens (tertiary/aromatic N) is 1. The molecule has 1 amide bonds. The van der Waals surface area contributed by atoms with E-state index in [9.17, 15) is 4.79 Å². The fraction of sp³-hybridized carbons (Fsp3) is 0.471. The highest BCUT2D eigenvalue weighted by molar-refractivity contribution is 8.00. The van der Waals surface area contributed by atoms with E-state index in [1.807, 2.05) is 16.7 Å². The highest BCUT2D eigenvalue weighted by Gasteiger charge is 2.22. The van der Waals surface area contributed by atoms with Crippen molar-refractivity contribution in [3.05, 3.63) is 30.9 Å². The summed E-state index contributed by atoms with van der Waals surface area (Å²) in [6.45, 7) is 5.31. The van der Waals surface area contributed by atoms with Crippen LogP contribution in [-0.2, 0) is 4.79 Å². The average molecular weight is 335 g/mol. The molecule has 3 rings (SSSR count). The molecule has 0 radical (unpaired) electrons. The van der Waals surface area contributed by atoms with Gasteiger partial charge in [-0.2, -0.15) is 11.8 Å². The Bertz CT molecular complexity index is 572. The summed E-state index contributed by atoms with van der Waals surface area (Å²) in [5, 5.41) is 0.532. The highest BCUT2D eigenvalue weighted by atomic mass is 32.2. The van der Waals surface area contributed by atoms with Gasteiger partial charge in [-0.3, -0.25) is 4.79 Å². The zero-order valence-electron chi connectivity index (χ0n) is 13.0. The van der Waals surface area contributed by atoms with Crippen LogP contribution in [0.1, 0.15) is 12.8 Å². The number of rotatable bonds is 7. The number of carbonyl (C=O) groups is 1. The van der Waals surface area contributed by atoms with E-state index in [-0.39, 0.29) is 19.3 Å². The first-order valence-corrected chi connectivity index (χ1v) is 8.84. The summed E-state index contributed by atoms with van der Waals surface area (Å²) in [5.74, 6) is 3.14. The summed E-state index contributed by atoms with van der Waals surface area (Å²) in [6, 6.07) is 5.32. The van der Waals surface area contributed by atoms with Crippen molar-refractivity contribution in [3.63, 3.8) is 0 Å². The lowest BCUT2D eigenvalue weighted by Gasteiger charge is -2.24. The van der Waals surface area contributed by atoms with Crippen LogP contribution in [0.15, 0.2) is 30.9 Å². The molecular weight excluding hydrogens is 314 g/mol. The normalized spacial score (nSPS) is 18.7. The first kappa shape index (κ1) is 16.1. The molecule has 0 spiro atoms. The first-order valence-electron chi connectivity index (χ1n) is 7.79. The van der Waals surface area contributed by atoms with Gasteiger partial charge in [0.1, 0.15) is 5.75 Å². The van der Waals surface area contributed by atoms with Gasteiger partial charge in [0.2, 0.25) is 6.79 Å². The van der Waals surface area contributed by atoms with Gasteiger partial charge in [0.15, 0.2) is 18.1 Å². The lowest BCUT2D eigenvalue weighted by atomic mass is 10.2. The zero-order valence-corrected chi connectivity index (χ0v) is 13.8. The average Bonchev–Trinajstić information content (AvgIpc) is 3.22. The van der Waals surface area contributed by atoms with E-state index >= 15 is 0 Å². The predicted molar refractivity (Wildman–Crippen MR) is 90.3 cm³/mol. The number of ether oxygens (including phenoxy) is 3. The van der Waals surface area contributed by atoms with Crippen molar-refractivity contribution in [3.8, 4) is 17.2 Å². The van der Waals surface area contributed by atoms with E-state index in [1.165, 1.54) is 18.6 Å². The van der Waals surface area contributed by atoms with Gasteiger partial charge in [0.05, 0.1) is 0 Å². The van der Waals surface area contributed by atoms with Crippen LogP contribution in [0.4, 0.5) is 0 Å². The smallest absolute Gasteiger partial charge is 0.260 e. The molecule has 1 aromatic rings. The van der Waals surface area contributed by atoms with E-state index in [2.05, 4.69) is 6.58 Å². The topological polar surface area (TPSA) is 48.0 Å². The molecule has 1 unspecified atom stereocenters. The van der Waals surface area contributed by atoms with E-state index in [4.69, 9.17) is 14.2 Å². The summed E-state index contributed by atoms with van der Waals surface area (Å²) < 4.78 is 16.2. The van der Waals surface area contributed by atoms with Crippen molar-refractivity contribution in [1.82, 2.24) is 4.90 Å². The quantitative estimate of drug-likeness (QED) is 0.717. The molecule has 0 bridgehead atoms. The summed E-state index contributed by atoms with van der Waals surface area (Å²) in [4.78, 5) is 14.2. The van der Waals surface area contributed by atoms with Gasteiger partial charge in [0, 0.05) is 24.4 Å². The van der Waals surface area contributed by atoms with Gasteiger partial charge in [-0.15, -0.1) is 6.58 Å². The second kappa shape index (κ2) is 7.64. The number of amides is 1. The number of benzene rings is 1. The van der Waals surface area contributed by atoms with E-state index in [1.54, 1.807) is 24.3 Å². The molecule has 2 aliphatic heterocycles. The SMILES string of the molecule is C=CCN(CC1CCCS1)C(=O)COc1ccc2c(c1)OCO2. The molecule has 0 aliphatic carbocycles. The van der Waals surface area contributed by atoms with Gasteiger partial charge in [-0.25, -0.2) is 0 Å².